The number of rotatable bonds is 7. The van der Waals surface area contributed by atoms with E-state index in [1.165, 1.54) is 22.0 Å². The fourth-order valence-corrected chi connectivity index (χ4v) is 5.04. The first-order chi connectivity index (χ1) is 16.3. The molecule has 4 aromatic rings. The number of fused-ring (bicyclic) bond motifs is 1. The first-order valence-electron chi connectivity index (χ1n) is 11.8. The number of hydrogen-bond acceptors (Lipinski definition) is 3. The van der Waals surface area contributed by atoms with E-state index >= 15 is 0 Å². The van der Waals surface area contributed by atoms with E-state index in [0.29, 0.717) is 17.4 Å². The molecule has 2 atom stereocenters. The van der Waals surface area contributed by atoms with Gasteiger partial charge in [0.05, 0.1) is 11.6 Å². The number of nitriles is 1. The fourth-order valence-electron chi connectivity index (χ4n) is 5.04. The van der Waals surface area contributed by atoms with Gasteiger partial charge in [-0.15, -0.1) is 0 Å². The highest BCUT2D eigenvalue weighted by atomic mass is 15.1. The van der Waals surface area contributed by atoms with Gasteiger partial charge in [-0.1, -0.05) is 60.7 Å². The number of nitrogens with one attached hydrogen (secondary N) is 1. The summed E-state index contributed by atoms with van der Waals surface area (Å²) < 4.78 is 0. The standard InChI is InChI=1S/C30H29N3/c31-20-24-10-13-29(14-11-24)33(30-15-12-25-8-4-5-9-26(25)19-30)17-16-27-21-32-22-28(27)18-23-6-2-1-3-7-23/h1-15,19,27-28,32H,16-18,21-22H2/t27-,28-/m0/s1. The molecule has 3 heteroatoms. The zero-order valence-electron chi connectivity index (χ0n) is 18.8. The van der Waals surface area contributed by atoms with Crippen LogP contribution < -0.4 is 10.2 Å². The van der Waals surface area contributed by atoms with Gasteiger partial charge in [-0.25, -0.2) is 0 Å². The van der Waals surface area contributed by atoms with Crippen LogP contribution in [0, 0.1) is 23.2 Å². The van der Waals surface area contributed by atoms with Gasteiger partial charge < -0.3 is 10.2 Å². The van der Waals surface area contributed by atoms with Crippen LogP contribution in [0.5, 0.6) is 0 Å². The molecule has 1 aliphatic rings. The first-order valence-corrected chi connectivity index (χ1v) is 11.8. The molecule has 0 radical (unpaired) electrons. The minimum absolute atomic E-state index is 0.645. The van der Waals surface area contributed by atoms with Crippen molar-refractivity contribution in [2.75, 3.05) is 24.5 Å². The topological polar surface area (TPSA) is 39.1 Å². The van der Waals surface area contributed by atoms with Crippen LogP contribution in [0.3, 0.4) is 0 Å². The molecule has 1 heterocycles. The van der Waals surface area contributed by atoms with Crippen LogP contribution in [0.25, 0.3) is 10.8 Å². The van der Waals surface area contributed by atoms with Gasteiger partial charge in [-0.3, -0.25) is 0 Å². The van der Waals surface area contributed by atoms with Crippen LogP contribution in [-0.2, 0) is 6.42 Å². The Morgan fingerprint density at radius 1 is 0.758 bits per heavy atom. The second-order valence-corrected chi connectivity index (χ2v) is 9.00. The van der Waals surface area contributed by atoms with Crippen LogP contribution in [-0.4, -0.2) is 19.6 Å². The fraction of sp³-hybridized carbons (Fsp3) is 0.233. The predicted octanol–water partition coefficient (Wildman–Crippen LogP) is 6.32. The highest BCUT2D eigenvalue weighted by molar-refractivity contribution is 5.87. The molecule has 0 spiro atoms. The van der Waals surface area contributed by atoms with Gasteiger partial charge in [0.15, 0.2) is 0 Å². The van der Waals surface area contributed by atoms with E-state index in [4.69, 9.17) is 0 Å². The molecular weight excluding hydrogens is 402 g/mol. The molecule has 0 aliphatic carbocycles. The lowest BCUT2D eigenvalue weighted by Crippen LogP contribution is -2.24. The van der Waals surface area contributed by atoms with Gasteiger partial charge >= 0.3 is 0 Å². The molecule has 4 aromatic carbocycles. The van der Waals surface area contributed by atoms with E-state index in [1.54, 1.807) is 0 Å². The Morgan fingerprint density at radius 2 is 1.45 bits per heavy atom. The lowest BCUT2D eigenvalue weighted by Gasteiger charge is -2.28. The van der Waals surface area contributed by atoms with Crippen molar-refractivity contribution in [2.24, 2.45) is 11.8 Å². The van der Waals surface area contributed by atoms with Crippen molar-refractivity contribution in [3.63, 3.8) is 0 Å². The molecular formula is C30H29N3. The van der Waals surface area contributed by atoms with Crippen LogP contribution in [0.15, 0.2) is 97.1 Å². The average Bonchev–Trinajstić information content (AvgIpc) is 3.32. The molecule has 1 saturated heterocycles. The van der Waals surface area contributed by atoms with E-state index in [0.717, 1.165) is 38.2 Å². The van der Waals surface area contributed by atoms with E-state index in [2.05, 4.69) is 101 Å². The third-order valence-electron chi connectivity index (χ3n) is 6.90. The molecule has 33 heavy (non-hydrogen) atoms. The van der Waals surface area contributed by atoms with Crippen LogP contribution >= 0.6 is 0 Å². The van der Waals surface area contributed by atoms with Crippen molar-refractivity contribution in [1.82, 2.24) is 5.32 Å². The Bertz CT molecular complexity index is 1240. The Labute approximate surface area is 196 Å². The second kappa shape index (κ2) is 9.90. The second-order valence-electron chi connectivity index (χ2n) is 9.00. The molecule has 1 aliphatic heterocycles. The molecule has 1 N–H and O–H groups in total. The summed E-state index contributed by atoms with van der Waals surface area (Å²) >= 11 is 0. The summed E-state index contributed by atoms with van der Waals surface area (Å²) in [5.41, 5.74) is 4.45. The lowest BCUT2D eigenvalue weighted by molar-refractivity contribution is 0.396. The Kier molecular flexibility index (Phi) is 6.37. The maximum absolute atomic E-state index is 9.23. The van der Waals surface area contributed by atoms with Gasteiger partial charge in [0.25, 0.3) is 0 Å². The third-order valence-corrected chi connectivity index (χ3v) is 6.90. The molecule has 3 nitrogen and oxygen atoms in total. The van der Waals surface area contributed by atoms with Crippen LogP contribution in [0.2, 0.25) is 0 Å². The SMILES string of the molecule is N#Cc1ccc(N(CC[C@H]2CNC[C@@H]2Cc2ccccc2)c2ccc3ccccc3c2)cc1. The molecule has 0 aromatic heterocycles. The van der Waals surface area contributed by atoms with Crippen LogP contribution in [0.4, 0.5) is 11.4 Å². The normalized spacial score (nSPS) is 17.7. The summed E-state index contributed by atoms with van der Waals surface area (Å²) in [5, 5.41) is 15.4. The molecule has 5 rings (SSSR count). The molecule has 0 saturated carbocycles. The van der Waals surface area contributed by atoms with E-state index in [-0.39, 0.29) is 0 Å². The summed E-state index contributed by atoms with van der Waals surface area (Å²) in [4.78, 5) is 2.41. The van der Waals surface area contributed by atoms with E-state index < -0.39 is 0 Å². The third kappa shape index (κ3) is 4.92. The number of hydrogen-bond donors (Lipinski definition) is 1. The summed E-state index contributed by atoms with van der Waals surface area (Å²) in [5.74, 6) is 1.30. The minimum Gasteiger partial charge on any atom is -0.341 e. The van der Waals surface area contributed by atoms with Crippen molar-refractivity contribution >= 4 is 22.1 Å². The quantitative estimate of drug-likeness (QED) is 0.372. The minimum atomic E-state index is 0.645. The zero-order chi connectivity index (χ0) is 22.5. The van der Waals surface area contributed by atoms with E-state index in [1.807, 2.05) is 12.1 Å². The summed E-state index contributed by atoms with van der Waals surface area (Å²) in [6.45, 7) is 3.12. The highest BCUT2D eigenvalue weighted by Crippen LogP contribution is 2.31. The molecule has 1 fully saturated rings. The first kappa shape index (κ1) is 21.2. The van der Waals surface area contributed by atoms with Gasteiger partial charge in [0.1, 0.15) is 0 Å². The molecule has 0 amide bonds. The number of nitrogens with zero attached hydrogens (tertiary/aromatic N) is 2. The Balaban J connectivity index is 1.38. The smallest absolute Gasteiger partial charge is 0.0991 e. The number of anilines is 2. The molecule has 164 valence electrons. The predicted molar refractivity (Wildman–Crippen MR) is 137 cm³/mol. The van der Waals surface area contributed by atoms with E-state index in [9.17, 15) is 5.26 Å². The molecule has 0 unspecified atom stereocenters. The zero-order valence-corrected chi connectivity index (χ0v) is 18.8. The maximum atomic E-state index is 9.23. The lowest BCUT2D eigenvalue weighted by atomic mass is 9.87. The summed E-state index contributed by atoms with van der Waals surface area (Å²) in [6.07, 6.45) is 2.25. The highest BCUT2D eigenvalue weighted by Gasteiger charge is 2.27. The monoisotopic (exact) mass is 431 g/mol. The summed E-state index contributed by atoms with van der Waals surface area (Å²) in [6, 6.07) is 36.3. The Hall–Kier alpha value is -3.61. The number of benzene rings is 4. The van der Waals surface area contributed by atoms with Gasteiger partial charge in [0, 0.05) is 17.9 Å². The van der Waals surface area contributed by atoms with Crippen molar-refractivity contribution in [3.8, 4) is 6.07 Å². The average molecular weight is 432 g/mol. The van der Waals surface area contributed by atoms with Crippen molar-refractivity contribution in [3.05, 3.63) is 108 Å². The summed E-state index contributed by atoms with van der Waals surface area (Å²) in [7, 11) is 0. The van der Waals surface area contributed by atoms with Gasteiger partial charge in [-0.05, 0) is 90.5 Å². The maximum Gasteiger partial charge on any atom is 0.0991 e. The van der Waals surface area contributed by atoms with Gasteiger partial charge in [0.2, 0.25) is 0 Å². The van der Waals surface area contributed by atoms with Crippen LogP contribution in [0.1, 0.15) is 17.5 Å². The largest absolute Gasteiger partial charge is 0.341 e. The van der Waals surface area contributed by atoms with Gasteiger partial charge in [-0.2, -0.15) is 5.26 Å². The Morgan fingerprint density at radius 3 is 2.24 bits per heavy atom. The van der Waals surface area contributed by atoms with Crippen molar-refractivity contribution in [2.45, 2.75) is 12.8 Å². The van der Waals surface area contributed by atoms with Crippen molar-refractivity contribution in [1.29, 1.82) is 5.26 Å². The molecule has 0 bridgehead atoms. The van der Waals surface area contributed by atoms with Crippen molar-refractivity contribution < 1.29 is 0 Å².